The van der Waals surface area contributed by atoms with Gasteiger partial charge in [0.05, 0.1) is 11.6 Å². The SMILES string of the molecule is CCN(Cc1cc(O)c2c(c1Cl)C[C@H]1C[C@H]3[C@H](N(C)C)C(=O)C(C(N)=O)=C(O)[C@@]3(O)C(=O)C1=C2O)C(C)(C)CC. The van der Waals surface area contributed by atoms with Crippen LogP contribution in [0.1, 0.15) is 57.2 Å². The second-order valence-corrected chi connectivity index (χ2v) is 12.2. The number of carbonyl (C=O) groups excluding carboxylic acids is 3. The van der Waals surface area contributed by atoms with Gasteiger partial charge in [-0.3, -0.25) is 24.2 Å². The maximum Gasteiger partial charge on any atom is 0.255 e. The minimum Gasteiger partial charge on any atom is -0.508 e. The third kappa shape index (κ3) is 4.24. The van der Waals surface area contributed by atoms with Crippen molar-refractivity contribution in [3.8, 4) is 5.75 Å². The van der Waals surface area contributed by atoms with Crippen LogP contribution in [0.5, 0.6) is 5.75 Å². The summed E-state index contributed by atoms with van der Waals surface area (Å²) in [5.41, 5.74) is 2.64. The number of aromatic hydroxyl groups is 1. The Bertz CT molecular complexity index is 1370. The second-order valence-electron chi connectivity index (χ2n) is 11.9. The average molecular weight is 576 g/mol. The first-order chi connectivity index (χ1) is 18.5. The van der Waals surface area contributed by atoms with Crippen molar-refractivity contribution in [3.63, 3.8) is 0 Å². The maximum atomic E-state index is 13.9. The van der Waals surface area contributed by atoms with Crippen LogP contribution in [0.15, 0.2) is 23.0 Å². The number of Topliss-reactive ketones (excluding diaryl/α,β-unsaturated/α-hetero) is 2. The van der Waals surface area contributed by atoms with Gasteiger partial charge in [-0.2, -0.15) is 0 Å². The number of aliphatic hydroxyl groups is 3. The van der Waals surface area contributed by atoms with Crippen molar-refractivity contribution in [2.24, 2.45) is 17.6 Å². The number of hydrogen-bond acceptors (Lipinski definition) is 9. The molecule has 4 atom stereocenters. The third-order valence-electron chi connectivity index (χ3n) is 9.19. The molecule has 0 radical (unpaired) electrons. The number of halogens is 1. The van der Waals surface area contributed by atoms with Gasteiger partial charge in [0.1, 0.15) is 22.8 Å². The molecule has 218 valence electrons. The summed E-state index contributed by atoms with van der Waals surface area (Å²) in [7, 11) is 3.12. The molecule has 0 spiro atoms. The van der Waals surface area contributed by atoms with Crippen LogP contribution in [0.25, 0.3) is 5.76 Å². The summed E-state index contributed by atoms with van der Waals surface area (Å²) in [5, 5.41) is 45.4. The Balaban J connectivity index is 1.89. The lowest BCUT2D eigenvalue weighted by Crippen LogP contribution is -2.65. The molecule has 6 N–H and O–H groups in total. The predicted octanol–water partition coefficient (Wildman–Crippen LogP) is 2.63. The zero-order chi connectivity index (χ0) is 30.1. The van der Waals surface area contributed by atoms with E-state index >= 15 is 0 Å². The van der Waals surface area contributed by atoms with Gasteiger partial charge in [0.2, 0.25) is 5.78 Å². The number of nitrogens with two attached hydrogens (primary N) is 1. The van der Waals surface area contributed by atoms with Crippen LogP contribution in [-0.4, -0.2) is 85.5 Å². The average Bonchev–Trinajstić information content (AvgIpc) is 2.86. The first kappa shape index (κ1) is 30.0. The number of benzene rings is 1. The molecular weight excluding hydrogens is 538 g/mol. The molecule has 3 aliphatic rings. The van der Waals surface area contributed by atoms with Crippen LogP contribution in [0.4, 0.5) is 0 Å². The Kier molecular flexibility index (Phi) is 7.64. The number of primary amides is 1. The molecule has 4 rings (SSSR count). The molecule has 0 aromatic heterocycles. The highest BCUT2D eigenvalue weighted by atomic mass is 35.5. The lowest BCUT2D eigenvalue weighted by Gasteiger charge is -2.50. The maximum absolute atomic E-state index is 13.9. The summed E-state index contributed by atoms with van der Waals surface area (Å²) >= 11 is 6.90. The second kappa shape index (κ2) is 10.2. The third-order valence-corrected chi connectivity index (χ3v) is 9.66. The minimum atomic E-state index is -2.67. The van der Waals surface area contributed by atoms with Crippen molar-refractivity contribution in [3.05, 3.63) is 44.7 Å². The number of amides is 1. The number of phenolic OH excluding ortho intramolecular Hbond substituents is 1. The van der Waals surface area contributed by atoms with Crippen LogP contribution in [0.2, 0.25) is 5.02 Å². The number of fused-ring (bicyclic) bond motifs is 3. The minimum absolute atomic E-state index is 0.0109. The monoisotopic (exact) mass is 575 g/mol. The highest BCUT2D eigenvalue weighted by Gasteiger charge is 2.64. The number of hydrogen-bond donors (Lipinski definition) is 5. The van der Waals surface area contributed by atoms with Crippen molar-refractivity contribution in [1.82, 2.24) is 9.80 Å². The molecule has 0 unspecified atom stereocenters. The summed E-state index contributed by atoms with van der Waals surface area (Å²) in [6.07, 6.45) is 1.05. The van der Waals surface area contributed by atoms with Crippen molar-refractivity contribution < 1.29 is 34.8 Å². The Morgan fingerprint density at radius 2 is 1.82 bits per heavy atom. The van der Waals surface area contributed by atoms with Crippen LogP contribution in [-0.2, 0) is 27.3 Å². The van der Waals surface area contributed by atoms with E-state index < -0.39 is 58.0 Å². The number of rotatable bonds is 7. The molecule has 0 heterocycles. The summed E-state index contributed by atoms with van der Waals surface area (Å²) in [5.74, 6) is -6.86. The molecule has 1 fully saturated rings. The molecule has 1 aromatic rings. The van der Waals surface area contributed by atoms with E-state index in [4.69, 9.17) is 17.3 Å². The molecule has 0 aliphatic heterocycles. The zero-order valence-corrected chi connectivity index (χ0v) is 24.5. The highest BCUT2D eigenvalue weighted by Crippen LogP contribution is 2.53. The molecule has 10 nitrogen and oxygen atoms in total. The van der Waals surface area contributed by atoms with Gasteiger partial charge in [0.15, 0.2) is 11.4 Å². The van der Waals surface area contributed by atoms with E-state index in [-0.39, 0.29) is 35.3 Å². The molecule has 3 aliphatic carbocycles. The van der Waals surface area contributed by atoms with Crippen LogP contribution >= 0.6 is 11.6 Å². The Morgan fingerprint density at radius 3 is 2.35 bits per heavy atom. The number of phenols is 1. The van der Waals surface area contributed by atoms with Crippen LogP contribution in [0, 0.1) is 11.8 Å². The number of nitrogens with zero attached hydrogens (tertiary/aromatic N) is 2. The quantitative estimate of drug-likeness (QED) is 0.307. The van der Waals surface area contributed by atoms with Crippen molar-refractivity contribution >= 4 is 34.8 Å². The van der Waals surface area contributed by atoms with E-state index in [2.05, 4.69) is 25.7 Å². The van der Waals surface area contributed by atoms with E-state index in [9.17, 15) is 34.8 Å². The topological polar surface area (TPSA) is 165 Å². The fourth-order valence-corrected chi connectivity index (χ4v) is 6.93. The van der Waals surface area contributed by atoms with E-state index in [0.29, 0.717) is 22.7 Å². The molecule has 40 heavy (non-hydrogen) atoms. The molecule has 1 saturated carbocycles. The van der Waals surface area contributed by atoms with Crippen molar-refractivity contribution in [2.45, 2.75) is 70.7 Å². The summed E-state index contributed by atoms with van der Waals surface area (Å²) < 4.78 is 0. The van der Waals surface area contributed by atoms with Crippen molar-refractivity contribution in [1.29, 1.82) is 0 Å². The Morgan fingerprint density at radius 1 is 1.20 bits per heavy atom. The number of likely N-dealkylation sites (N-methyl/N-ethyl adjacent to an activating group) is 1. The lowest BCUT2D eigenvalue weighted by molar-refractivity contribution is -0.153. The van der Waals surface area contributed by atoms with E-state index in [1.165, 1.54) is 11.0 Å². The summed E-state index contributed by atoms with van der Waals surface area (Å²) in [6.45, 7) is 9.57. The Hall–Kier alpha value is -2.92. The van der Waals surface area contributed by atoms with E-state index in [0.717, 1.165) is 13.0 Å². The van der Waals surface area contributed by atoms with Gasteiger partial charge in [-0.1, -0.05) is 25.4 Å². The summed E-state index contributed by atoms with van der Waals surface area (Å²) in [6, 6.07) is 0.337. The molecule has 0 saturated heterocycles. The smallest absolute Gasteiger partial charge is 0.255 e. The van der Waals surface area contributed by atoms with Gasteiger partial charge in [0.25, 0.3) is 5.91 Å². The van der Waals surface area contributed by atoms with Gasteiger partial charge < -0.3 is 26.2 Å². The van der Waals surface area contributed by atoms with E-state index in [1.54, 1.807) is 14.1 Å². The van der Waals surface area contributed by atoms with Gasteiger partial charge in [0, 0.05) is 28.6 Å². The van der Waals surface area contributed by atoms with Crippen LogP contribution < -0.4 is 5.73 Å². The Labute approximate surface area is 238 Å². The van der Waals surface area contributed by atoms with E-state index in [1.807, 2.05) is 6.92 Å². The zero-order valence-electron chi connectivity index (χ0n) is 23.7. The van der Waals surface area contributed by atoms with Gasteiger partial charge in [-0.05, 0) is 76.9 Å². The number of aliphatic hydroxyl groups excluding tert-OH is 2. The normalized spacial score (nSPS) is 26.8. The first-order valence-electron chi connectivity index (χ1n) is 13.5. The molecule has 1 amide bonds. The lowest BCUT2D eigenvalue weighted by atomic mass is 9.57. The summed E-state index contributed by atoms with van der Waals surface area (Å²) in [4.78, 5) is 42.9. The molecule has 1 aromatic carbocycles. The van der Waals surface area contributed by atoms with Gasteiger partial charge in [-0.15, -0.1) is 0 Å². The largest absolute Gasteiger partial charge is 0.508 e. The number of carbonyl (C=O) groups is 3. The number of ketones is 2. The fourth-order valence-electron chi connectivity index (χ4n) is 6.65. The molecular formula is C29H38ClN3O7. The van der Waals surface area contributed by atoms with Crippen molar-refractivity contribution in [2.75, 3.05) is 20.6 Å². The van der Waals surface area contributed by atoms with Gasteiger partial charge in [-0.25, -0.2) is 0 Å². The molecule has 11 heteroatoms. The first-order valence-corrected chi connectivity index (χ1v) is 13.8. The predicted molar refractivity (Wildman–Crippen MR) is 150 cm³/mol. The fraction of sp³-hybridized carbons (Fsp3) is 0.552. The molecule has 0 bridgehead atoms. The standard InChI is InChI=1S/C29H38ClN3O7/c1-7-28(3,4)33(8-2)12-14-11-17(34)19-15(21(14)30)9-13-10-16-22(32(5)6)24(36)20(27(31)39)26(38)29(16,40)25(37)18(13)23(19)35/h11,13,16,22,34-35,38,40H,7-10,12H2,1-6H3,(H2,31,39)/t13-,16-,22-,29-/m0/s1. The highest BCUT2D eigenvalue weighted by molar-refractivity contribution is 6.32. The van der Waals surface area contributed by atoms with Gasteiger partial charge >= 0.3 is 0 Å². The van der Waals surface area contributed by atoms with Crippen LogP contribution in [0.3, 0.4) is 0 Å².